The lowest BCUT2D eigenvalue weighted by Gasteiger charge is -2.18. The number of carbonyl (C=O) groups excluding carboxylic acids is 2. The van der Waals surface area contributed by atoms with Crippen LogP contribution in [-0.4, -0.2) is 73.5 Å². The lowest BCUT2D eigenvalue weighted by molar-refractivity contribution is 0.0749. The van der Waals surface area contributed by atoms with E-state index in [0.717, 1.165) is 25.9 Å². The minimum atomic E-state index is -0.391. The van der Waals surface area contributed by atoms with Crippen LogP contribution in [0.3, 0.4) is 0 Å². The molecule has 2 bridgehead atoms. The van der Waals surface area contributed by atoms with Crippen molar-refractivity contribution >= 4 is 23.2 Å². The molecule has 0 radical (unpaired) electrons. The van der Waals surface area contributed by atoms with Gasteiger partial charge in [-0.25, -0.2) is 0 Å². The molecular formula is C21H25N5O5. The van der Waals surface area contributed by atoms with Gasteiger partial charge >= 0.3 is 0 Å². The van der Waals surface area contributed by atoms with Gasteiger partial charge in [0.25, 0.3) is 11.8 Å². The molecule has 31 heavy (non-hydrogen) atoms. The maximum Gasteiger partial charge on any atom is 0.273 e. The molecule has 1 aromatic heterocycles. The molecule has 2 aliphatic heterocycles. The number of likely N-dealkylation sites (tertiary alicyclic amines) is 1. The van der Waals surface area contributed by atoms with Crippen LogP contribution < -0.4 is 20.1 Å². The van der Waals surface area contributed by atoms with Gasteiger partial charge in [0.1, 0.15) is 19.0 Å². The Morgan fingerprint density at radius 2 is 1.77 bits per heavy atom. The number of hydrogen-bond donors (Lipinski definition) is 2. The molecule has 10 nitrogen and oxygen atoms in total. The van der Waals surface area contributed by atoms with Crippen molar-refractivity contribution < 1.29 is 23.8 Å². The molecule has 2 amide bonds. The first-order valence-corrected chi connectivity index (χ1v) is 10.3. The zero-order valence-electron chi connectivity index (χ0n) is 17.3. The monoisotopic (exact) mass is 427 g/mol. The van der Waals surface area contributed by atoms with Crippen molar-refractivity contribution in [3.05, 3.63) is 35.5 Å². The van der Waals surface area contributed by atoms with E-state index < -0.39 is 5.91 Å². The maximum atomic E-state index is 12.8. The highest BCUT2D eigenvalue weighted by Gasteiger charge is 2.22. The Kier molecular flexibility index (Phi) is 6.46. The van der Waals surface area contributed by atoms with Crippen molar-refractivity contribution in [1.29, 1.82) is 0 Å². The third kappa shape index (κ3) is 4.85. The van der Waals surface area contributed by atoms with Crippen LogP contribution in [0, 0.1) is 0 Å². The quantitative estimate of drug-likeness (QED) is 0.743. The summed E-state index contributed by atoms with van der Waals surface area (Å²) < 4.78 is 17.0. The van der Waals surface area contributed by atoms with Gasteiger partial charge in [0.15, 0.2) is 5.69 Å². The average molecular weight is 427 g/mol. The van der Waals surface area contributed by atoms with Crippen LogP contribution >= 0.6 is 0 Å². The zero-order chi connectivity index (χ0) is 21.6. The molecule has 10 heteroatoms. The molecular weight excluding hydrogens is 402 g/mol. The summed E-state index contributed by atoms with van der Waals surface area (Å²) >= 11 is 0. The first-order chi connectivity index (χ1) is 15.2. The fraction of sp³-hybridized carbons (Fsp3) is 0.429. The van der Waals surface area contributed by atoms with Crippen LogP contribution in [0.5, 0.6) is 11.6 Å². The Bertz CT molecular complexity index is 961. The first kappa shape index (κ1) is 20.9. The molecule has 2 aromatic rings. The van der Waals surface area contributed by atoms with Crippen molar-refractivity contribution in [3.63, 3.8) is 0 Å². The van der Waals surface area contributed by atoms with Gasteiger partial charge in [-0.1, -0.05) is 0 Å². The van der Waals surface area contributed by atoms with E-state index >= 15 is 0 Å². The van der Waals surface area contributed by atoms with Crippen LogP contribution in [0.2, 0.25) is 0 Å². The van der Waals surface area contributed by atoms with Crippen molar-refractivity contribution in [2.45, 2.75) is 12.8 Å². The standard InChI is InChI=1S/C21H25N5O5/c1-22-20(27)19-16-13-18(24-25-19)31-11-9-29-8-10-30-17-12-14(4-5-15(17)23-16)21(28)26-6-2-3-7-26/h4-5,12-13,23H,2-3,6-11H2,1H3,(H,22,27). The molecule has 0 atom stereocenters. The number of amides is 2. The first-order valence-electron chi connectivity index (χ1n) is 10.3. The van der Waals surface area contributed by atoms with E-state index in [4.69, 9.17) is 14.2 Å². The van der Waals surface area contributed by atoms with E-state index in [2.05, 4.69) is 20.8 Å². The molecule has 1 saturated heterocycles. The molecule has 4 rings (SSSR count). The molecule has 0 unspecified atom stereocenters. The number of nitrogens with zero attached hydrogens (tertiary/aromatic N) is 3. The minimum absolute atomic E-state index is 0.0182. The lowest BCUT2D eigenvalue weighted by Crippen LogP contribution is -2.27. The van der Waals surface area contributed by atoms with Gasteiger partial charge in [-0.2, -0.15) is 0 Å². The number of benzene rings is 1. The van der Waals surface area contributed by atoms with Crippen molar-refractivity contribution in [2.75, 3.05) is 51.9 Å². The SMILES string of the molecule is CNC(=O)c1nnc2cc1Nc1ccc(C(=O)N3CCCC3)cc1OCCOCCO2. The molecule has 1 aromatic carbocycles. The van der Waals surface area contributed by atoms with Gasteiger partial charge in [0.2, 0.25) is 5.88 Å². The highest BCUT2D eigenvalue weighted by Crippen LogP contribution is 2.32. The molecule has 0 spiro atoms. The van der Waals surface area contributed by atoms with E-state index in [0.29, 0.717) is 42.5 Å². The summed E-state index contributed by atoms with van der Waals surface area (Å²) in [7, 11) is 1.52. The highest BCUT2D eigenvalue weighted by atomic mass is 16.5. The Labute approximate surface area is 179 Å². The van der Waals surface area contributed by atoms with Gasteiger partial charge in [-0.05, 0) is 31.0 Å². The number of rotatable bonds is 2. The van der Waals surface area contributed by atoms with Gasteiger partial charge in [0, 0.05) is 31.8 Å². The topological polar surface area (TPSA) is 115 Å². The van der Waals surface area contributed by atoms with Crippen LogP contribution in [0.1, 0.15) is 33.7 Å². The number of anilines is 2. The van der Waals surface area contributed by atoms with Gasteiger partial charge in [-0.3, -0.25) is 9.59 Å². The van der Waals surface area contributed by atoms with E-state index in [1.54, 1.807) is 24.3 Å². The molecule has 164 valence electrons. The molecule has 2 aliphatic rings. The summed E-state index contributed by atoms with van der Waals surface area (Å²) in [5, 5.41) is 13.7. The van der Waals surface area contributed by atoms with Crippen molar-refractivity contribution in [3.8, 4) is 11.6 Å². The summed E-state index contributed by atoms with van der Waals surface area (Å²) in [6, 6.07) is 6.82. The second-order valence-corrected chi connectivity index (χ2v) is 7.17. The average Bonchev–Trinajstić information content (AvgIpc) is 3.33. The smallest absolute Gasteiger partial charge is 0.273 e. The maximum absolute atomic E-state index is 12.8. The molecule has 0 saturated carbocycles. The Balaban J connectivity index is 1.69. The fourth-order valence-corrected chi connectivity index (χ4v) is 3.47. The Morgan fingerprint density at radius 3 is 2.55 bits per heavy atom. The number of hydrogen-bond acceptors (Lipinski definition) is 8. The highest BCUT2D eigenvalue weighted by molar-refractivity contribution is 5.99. The van der Waals surface area contributed by atoms with Gasteiger partial charge in [0.05, 0.1) is 24.6 Å². The number of fused-ring (bicyclic) bond motifs is 3. The molecule has 1 fully saturated rings. The lowest BCUT2D eigenvalue weighted by atomic mass is 10.1. The van der Waals surface area contributed by atoms with E-state index in [1.807, 2.05) is 4.90 Å². The Hall–Kier alpha value is -3.40. The van der Waals surface area contributed by atoms with Crippen LogP contribution in [0.25, 0.3) is 0 Å². The number of ether oxygens (including phenoxy) is 3. The van der Waals surface area contributed by atoms with Gasteiger partial charge in [-0.15, -0.1) is 10.2 Å². The third-order valence-electron chi connectivity index (χ3n) is 5.07. The second kappa shape index (κ2) is 9.61. The minimum Gasteiger partial charge on any atom is -0.489 e. The van der Waals surface area contributed by atoms with Crippen LogP contribution in [-0.2, 0) is 4.74 Å². The summed E-state index contributed by atoms with van der Waals surface area (Å²) in [4.78, 5) is 26.9. The summed E-state index contributed by atoms with van der Waals surface area (Å²) in [5.41, 5.74) is 1.66. The summed E-state index contributed by atoms with van der Waals surface area (Å²) in [6.45, 7) is 2.83. The van der Waals surface area contributed by atoms with E-state index in [9.17, 15) is 9.59 Å². The van der Waals surface area contributed by atoms with Crippen molar-refractivity contribution in [1.82, 2.24) is 20.4 Å². The Morgan fingerprint density at radius 1 is 1.00 bits per heavy atom. The molecule has 0 aliphatic carbocycles. The molecule has 2 N–H and O–H groups in total. The van der Waals surface area contributed by atoms with E-state index in [1.165, 1.54) is 7.05 Å². The predicted molar refractivity (Wildman–Crippen MR) is 112 cm³/mol. The van der Waals surface area contributed by atoms with Crippen LogP contribution in [0.15, 0.2) is 24.3 Å². The number of nitrogens with one attached hydrogen (secondary N) is 2. The number of carbonyl (C=O) groups is 2. The van der Waals surface area contributed by atoms with Gasteiger partial charge < -0.3 is 29.7 Å². The number of aromatic nitrogens is 2. The zero-order valence-corrected chi connectivity index (χ0v) is 17.3. The van der Waals surface area contributed by atoms with Crippen LogP contribution in [0.4, 0.5) is 11.4 Å². The largest absolute Gasteiger partial charge is 0.489 e. The third-order valence-corrected chi connectivity index (χ3v) is 5.07. The van der Waals surface area contributed by atoms with E-state index in [-0.39, 0.29) is 24.1 Å². The normalized spacial score (nSPS) is 16.4. The predicted octanol–water partition coefficient (Wildman–Crippen LogP) is 1.60. The summed E-state index contributed by atoms with van der Waals surface area (Å²) in [6.07, 6.45) is 2.04. The fourth-order valence-electron chi connectivity index (χ4n) is 3.47. The second-order valence-electron chi connectivity index (χ2n) is 7.17. The van der Waals surface area contributed by atoms with Crippen molar-refractivity contribution in [2.24, 2.45) is 0 Å². The molecule has 3 heterocycles. The summed E-state index contributed by atoms with van der Waals surface area (Å²) in [5.74, 6) is 0.337.